The minimum Gasteiger partial charge on any atom is -0.238 e. The molecule has 0 spiro atoms. The second-order valence-electron chi connectivity index (χ2n) is 3.93. The summed E-state index contributed by atoms with van der Waals surface area (Å²) >= 11 is 12.0. The number of hydrogen-bond donors (Lipinski definition) is 0. The summed E-state index contributed by atoms with van der Waals surface area (Å²) in [6, 6.07) is 7.71. The Hall–Kier alpha value is -1.12. The molecule has 0 N–H and O–H groups in total. The van der Waals surface area contributed by atoms with Crippen molar-refractivity contribution >= 4 is 23.2 Å². The molecule has 17 heavy (non-hydrogen) atoms. The predicted octanol–water partition coefficient (Wildman–Crippen LogP) is 3.99. The normalized spacial score (nSPS) is 10.6. The van der Waals surface area contributed by atoms with Crippen LogP contribution in [0.1, 0.15) is 22.6 Å². The molecule has 0 unspecified atom stereocenters. The molecule has 4 heteroatoms. The maximum Gasteiger partial charge on any atom is 0.136 e. The summed E-state index contributed by atoms with van der Waals surface area (Å²) < 4.78 is 0. The summed E-state index contributed by atoms with van der Waals surface area (Å²) in [6.07, 6.45) is 0.724. The van der Waals surface area contributed by atoms with Crippen molar-refractivity contribution in [1.82, 2.24) is 9.97 Å². The molecule has 1 aromatic heterocycles. The second-order valence-corrected chi connectivity index (χ2v) is 4.72. The lowest BCUT2D eigenvalue weighted by Crippen LogP contribution is -2.01. The van der Waals surface area contributed by atoms with Crippen LogP contribution in [0.5, 0.6) is 0 Å². The largest absolute Gasteiger partial charge is 0.238 e. The van der Waals surface area contributed by atoms with Crippen LogP contribution in [0.15, 0.2) is 24.3 Å². The summed E-state index contributed by atoms with van der Waals surface area (Å²) in [5, 5.41) is 1.27. The van der Waals surface area contributed by atoms with Crippen molar-refractivity contribution in [3.8, 4) is 0 Å². The third-order valence-electron chi connectivity index (χ3n) is 2.57. The minimum atomic E-state index is 0.532. The number of halogens is 2. The first-order chi connectivity index (χ1) is 8.06. The molecule has 0 saturated carbocycles. The van der Waals surface area contributed by atoms with Crippen LogP contribution in [0.25, 0.3) is 0 Å². The van der Waals surface area contributed by atoms with Crippen molar-refractivity contribution in [2.75, 3.05) is 0 Å². The maximum absolute atomic E-state index is 6.14. The number of rotatable bonds is 2. The smallest absolute Gasteiger partial charge is 0.136 e. The fourth-order valence-corrected chi connectivity index (χ4v) is 2.15. The van der Waals surface area contributed by atoms with E-state index in [1.807, 2.05) is 38.1 Å². The van der Waals surface area contributed by atoms with Crippen molar-refractivity contribution in [2.45, 2.75) is 20.3 Å². The molecule has 88 valence electrons. The maximum atomic E-state index is 6.14. The standard InChI is InChI=1S/C13H12Cl2N2/c1-8-12(13(15)17-9(2)16-8)7-10-3-5-11(14)6-4-10/h3-6H,7H2,1-2H3. The third kappa shape index (κ3) is 2.96. The van der Waals surface area contributed by atoms with E-state index in [0.29, 0.717) is 11.0 Å². The zero-order valence-electron chi connectivity index (χ0n) is 9.67. The lowest BCUT2D eigenvalue weighted by Gasteiger charge is -2.08. The Morgan fingerprint density at radius 3 is 2.24 bits per heavy atom. The fourth-order valence-electron chi connectivity index (χ4n) is 1.70. The first-order valence-corrected chi connectivity index (χ1v) is 6.06. The van der Waals surface area contributed by atoms with E-state index >= 15 is 0 Å². The van der Waals surface area contributed by atoms with E-state index in [2.05, 4.69) is 9.97 Å². The number of aryl methyl sites for hydroxylation is 2. The van der Waals surface area contributed by atoms with Crippen molar-refractivity contribution in [2.24, 2.45) is 0 Å². The molecule has 0 aliphatic rings. The Labute approximate surface area is 111 Å². The van der Waals surface area contributed by atoms with Gasteiger partial charge in [0.25, 0.3) is 0 Å². The highest BCUT2D eigenvalue weighted by Gasteiger charge is 2.09. The van der Waals surface area contributed by atoms with Gasteiger partial charge >= 0.3 is 0 Å². The Balaban J connectivity index is 2.33. The van der Waals surface area contributed by atoms with Crippen LogP contribution in [0.3, 0.4) is 0 Å². The molecule has 0 radical (unpaired) electrons. The van der Waals surface area contributed by atoms with E-state index in [0.717, 1.165) is 28.3 Å². The van der Waals surface area contributed by atoms with Gasteiger partial charge in [0.1, 0.15) is 11.0 Å². The third-order valence-corrected chi connectivity index (χ3v) is 3.13. The molecule has 0 aliphatic carbocycles. The average Bonchev–Trinajstić information content (AvgIpc) is 2.26. The molecule has 2 nitrogen and oxygen atoms in total. The first-order valence-electron chi connectivity index (χ1n) is 5.30. The van der Waals surface area contributed by atoms with Crippen LogP contribution in [-0.4, -0.2) is 9.97 Å². The van der Waals surface area contributed by atoms with Crippen LogP contribution in [0.4, 0.5) is 0 Å². The van der Waals surface area contributed by atoms with Crippen molar-refractivity contribution in [3.05, 3.63) is 57.1 Å². The molecular weight excluding hydrogens is 255 g/mol. The van der Waals surface area contributed by atoms with Gasteiger partial charge in [0.05, 0.1) is 0 Å². The monoisotopic (exact) mass is 266 g/mol. The zero-order chi connectivity index (χ0) is 12.4. The predicted molar refractivity (Wildman–Crippen MR) is 70.8 cm³/mol. The van der Waals surface area contributed by atoms with Gasteiger partial charge in [0.2, 0.25) is 0 Å². The molecule has 0 amide bonds. The minimum absolute atomic E-state index is 0.532. The number of aromatic nitrogens is 2. The Kier molecular flexibility index (Phi) is 3.65. The van der Waals surface area contributed by atoms with Gasteiger partial charge in [-0.05, 0) is 31.5 Å². The Morgan fingerprint density at radius 2 is 1.65 bits per heavy atom. The van der Waals surface area contributed by atoms with Crippen LogP contribution in [0.2, 0.25) is 10.2 Å². The molecule has 1 heterocycles. The van der Waals surface area contributed by atoms with Gasteiger partial charge in [0, 0.05) is 22.7 Å². The lowest BCUT2D eigenvalue weighted by molar-refractivity contribution is 0.960. The number of hydrogen-bond acceptors (Lipinski definition) is 2. The molecule has 0 atom stereocenters. The van der Waals surface area contributed by atoms with Crippen LogP contribution in [-0.2, 0) is 6.42 Å². The fraction of sp³-hybridized carbons (Fsp3) is 0.231. The first kappa shape index (κ1) is 12.3. The van der Waals surface area contributed by atoms with Crippen molar-refractivity contribution < 1.29 is 0 Å². The molecule has 0 aliphatic heterocycles. The summed E-state index contributed by atoms with van der Waals surface area (Å²) in [7, 11) is 0. The summed E-state index contributed by atoms with van der Waals surface area (Å²) in [5.41, 5.74) is 3.05. The SMILES string of the molecule is Cc1nc(C)c(Cc2ccc(Cl)cc2)c(Cl)n1. The lowest BCUT2D eigenvalue weighted by atomic mass is 10.1. The van der Waals surface area contributed by atoms with Gasteiger partial charge in [-0.25, -0.2) is 9.97 Å². The summed E-state index contributed by atoms with van der Waals surface area (Å²) in [4.78, 5) is 8.50. The average molecular weight is 267 g/mol. The van der Waals surface area contributed by atoms with E-state index in [1.54, 1.807) is 0 Å². The van der Waals surface area contributed by atoms with E-state index in [-0.39, 0.29) is 0 Å². The van der Waals surface area contributed by atoms with Gasteiger partial charge in [-0.2, -0.15) is 0 Å². The number of benzene rings is 1. The summed E-state index contributed by atoms with van der Waals surface area (Å²) in [5.74, 6) is 0.701. The van der Waals surface area contributed by atoms with Crippen LogP contribution in [0, 0.1) is 13.8 Å². The van der Waals surface area contributed by atoms with Gasteiger partial charge < -0.3 is 0 Å². The highest BCUT2D eigenvalue weighted by atomic mass is 35.5. The quantitative estimate of drug-likeness (QED) is 0.769. The van der Waals surface area contributed by atoms with Gasteiger partial charge in [0.15, 0.2) is 0 Å². The molecular formula is C13H12Cl2N2. The topological polar surface area (TPSA) is 25.8 Å². The number of nitrogens with zero attached hydrogens (tertiary/aromatic N) is 2. The summed E-state index contributed by atoms with van der Waals surface area (Å²) in [6.45, 7) is 3.79. The van der Waals surface area contributed by atoms with E-state index in [1.165, 1.54) is 0 Å². The molecule has 0 fully saturated rings. The van der Waals surface area contributed by atoms with E-state index in [9.17, 15) is 0 Å². The van der Waals surface area contributed by atoms with Crippen LogP contribution >= 0.6 is 23.2 Å². The van der Waals surface area contributed by atoms with E-state index in [4.69, 9.17) is 23.2 Å². The molecule has 2 rings (SSSR count). The second kappa shape index (κ2) is 5.03. The van der Waals surface area contributed by atoms with E-state index < -0.39 is 0 Å². The van der Waals surface area contributed by atoms with Crippen molar-refractivity contribution in [1.29, 1.82) is 0 Å². The van der Waals surface area contributed by atoms with Crippen molar-refractivity contribution in [3.63, 3.8) is 0 Å². The molecule has 1 aromatic carbocycles. The molecule has 0 saturated heterocycles. The molecule has 2 aromatic rings. The van der Waals surface area contributed by atoms with Crippen LogP contribution < -0.4 is 0 Å². The van der Waals surface area contributed by atoms with Gasteiger partial charge in [-0.1, -0.05) is 35.3 Å². The van der Waals surface area contributed by atoms with Gasteiger partial charge in [-0.15, -0.1) is 0 Å². The Morgan fingerprint density at radius 1 is 1.00 bits per heavy atom. The zero-order valence-corrected chi connectivity index (χ0v) is 11.2. The van der Waals surface area contributed by atoms with Gasteiger partial charge in [-0.3, -0.25) is 0 Å². The molecule has 0 bridgehead atoms. The highest BCUT2D eigenvalue weighted by Crippen LogP contribution is 2.21. The Bertz CT molecular complexity index is 513. The highest BCUT2D eigenvalue weighted by molar-refractivity contribution is 6.30.